The molecule has 0 fully saturated rings. The molecule has 0 aromatic heterocycles. The molecule has 3 heteroatoms. The van der Waals surface area contributed by atoms with Gasteiger partial charge in [0.25, 0.3) is 0 Å². The summed E-state index contributed by atoms with van der Waals surface area (Å²) in [7, 11) is 0. The van der Waals surface area contributed by atoms with Crippen molar-refractivity contribution in [2.75, 3.05) is 6.61 Å². The van der Waals surface area contributed by atoms with E-state index in [4.69, 9.17) is 9.47 Å². The van der Waals surface area contributed by atoms with Crippen LogP contribution in [0.1, 0.15) is 33.1 Å². The number of hydrogen-bond donors (Lipinski definition) is 1. The Morgan fingerprint density at radius 2 is 2.06 bits per heavy atom. The normalized spacial score (nSPS) is 21.4. The lowest BCUT2D eigenvalue weighted by atomic mass is 9.96. The van der Waals surface area contributed by atoms with E-state index >= 15 is 0 Å². The third kappa shape index (κ3) is 3.16. The summed E-state index contributed by atoms with van der Waals surface area (Å²) in [6, 6.07) is 7.60. The van der Waals surface area contributed by atoms with Crippen LogP contribution >= 0.6 is 0 Å². The highest BCUT2D eigenvalue weighted by atomic mass is 16.6. The van der Waals surface area contributed by atoms with Crippen molar-refractivity contribution in [3.63, 3.8) is 0 Å². The van der Waals surface area contributed by atoms with Gasteiger partial charge in [0.2, 0.25) is 0 Å². The Morgan fingerprint density at radius 1 is 1.33 bits per heavy atom. The maximum Gasteiger partial charge on any atom is 0.161 e. The topological polar surface area (TPSA) is 38.7 Å². The van der Waals surface area contributed by atoms with E-state index in [1.54, 1.807) is 0 Å². The summed E-state index contributed by atoms with van der Waals surface area (Å²) in [5.74, 6) is 2.02. The van der Waals surface area contributed by atoms with E-state index in [1.165, 1.54) is 0 Å². The number of benzene rings is 1. The van der Waals surface area contributed by atoms with Crippen LogP contribution in [0.2, 0.25) is 0 Å². The lowest BCUT2D eigenvalue weighted by Gasteiger charge is -2.30. The van der Waals surface area contributed by atoms with Gasteiger partial charge in [0.15, 0.2) is 17.6 Å². The highest BCUT2D eigenvalue weighted by Gasteiger charge is 2.28. The summed E-state index contributed by atoms with van der Waals surface area (Å²) >= 11 is 0. The second-order valence-electron chi connectivity index (χ2n) is 5.11. The Morgan fingerprint density at radius 3 is 2.78 bits per heavy atom. The summed E-state index contributed by atoms with van der Waals surface area (Å²) in [6.45, 7) is 4.76. The minimum atomic E-state index is -0.458. The predicted molar refractivity (Wildman–Crippen MR) is 71.0 cm³/mol. The molecule has 1 heterocycles. The zero-order chi connectivity index (χ0) is 13.0. The summed E-state index contributed by atoms with van der Waals surface area (Å²) in [6.07, 6.45) is 2.35. The minimum Gasteiger partial charge on any atom is -0.486 e. The van der Waals surface area contributed by atoms with Crippen LogP contribution in [0.3, 0.4) is 0 Å². The number of aliphatic hydroxyl groups is 1. The zero-order valence-corrected chi connectivity index (χ0v) is 11.1. The molecule has 0 radical (unpaired) electrons. The van der Waals surface area contributed by atoms with Crippen LogP contribution in [0, 0.1) is 5.92 Å². The first kappa shape index (κ1) is 13.2. The molecular weight excluding hydrogens is 228 g/mol. The first-order valence-electron chi connectivity index (χ1n) is 6.77. The summed E-state index contributed by atoms with van der Waals surface area (Å²) in [4.78, 5) is 0. The highest BCUT2D eigenvalue weighted by Crippen LogP contribution is 2.32. The molecule has 0 saturated heterocycles. The van der Waals surface area contributed by atoms with Gasteiger partial charge in [-0.1, -0.05) is 38.8 Å². The molecule has 1 N–H and O–H groups in total. The van der Waals surface area contributed by atoms with Gasteiger partial charge in [-0.3, -0.25) is 0 Å². The fourth-order valence-electron chi connectivity index (χ4n) is 2.40. The zero-order valence-electron chi connectivity index (χ0n) is 11.1. The van der Waals surface area contributed by atoms with Gasteiger partial charge < -0.3 is 14.6 Å². The van der Waals surface area contributed by atoms with Crippen LogP contribution in [0.4, 0.5) is 0 Å². The van der Waals surface area contributed by atoms with E-state index in [0.29, 0.717) is 12.5 Å². The van der Waals surface area contributed by atoms with Gasteiger partial charge in [0.05, 0.1) is 6.10 Å². The van der Waals surface area contributed by atoms with Crippen LogP contribution in [-0.4, -0.2) is 23.9 Å². The SMILES string of the molecule is CCCC(C)CC(O)C1COc2ccccc2O1. The van der Waals surface area contributed by atoms with Crippen molar-refractivity contribution in [2.45, 2.75) is 45.3 Å². The first-order chi connectivity index (χ1) is 8.70. The van der Waals surface area contributed by atoms with Gasteiger partial charge in [-0.15, -0.1) is 0 Å². The first-order valence-corrected chi connectivity index (χ1v) is 6.77. The predicted octanol–water partition coefficient (Wildman–Crippen LogP) is 3.01. The Balaban J connectivity index is 1.92. The van der Waals surface area contributed by atoms with Crippen molar-refractivity contribution in [2.24, 2.45) is 5.92 Å². The third-order valence-corrected chi connectivity index (χ3v) is 3.39. The molecule has 0 spiro atoms. The van der Waals surface area contributed by atoms with Crippen molar-refractivity contribution in [3.05, 3.63) is 24.3 Å². The lowest BCUT2D eigenvalue weighted by molar-refractivity contribution is -0.0201. The second-order valence-corrected chi connectivity index (χ2v) is 5.11. The van der Waals surface area contributed by atoms with Crippen LogP contribution in [-0.2, 0) is 0 Å². The van der Waals surface area contributed by atoms with Crippen LogP contribution in [0.25, 0.3) is 0 Å². The van der Waals surface area contributed by atoms with Crippen LogP contribution in [0.15, 0.2) is 24.3 Å². The van der Waals surface area contributed by atoms with Crippen molar-refractivity contribution in [1.29, 1.82) is 0 Å². The van der Waals surface area contributed by atoms with Crippen molar-refractivity contribution in [3.8, 4) is 11.5 Å². The van der Waals surface area contributed by atoms with E-state index in [1.807, 2.05) is 24.3 Å². The molecule has 2 rings (SSSR count). The molecule has 0 amide bonds. The van der Waals surface area contributed by atoms with Crippen molar-refractivity contribution < 1.29 is 14.6 Å². The molecular formula is C15H22O3. The van der Waals surface area contributed by atoms with Gasteiger partial charge in [-0.05, 0) is 24.5 Å². The number of ether oxygens (including phenoxy) is 2. The molecule has 1 aliphatic heterocycles. The average molecular weight is 250 g/mol. The Labute approximate surface area is 109 Å². The number of aliphatic hydroxyl groups excluding tert-OH is 1. The van der Waals surface area contributed by atoms with E-state index in [0.717, 1.165) is 30.8 Å². The van der Waals surface area contributed by atoms with Gasteiger partial charge in [-0.25, -0.2) is 0 Å². The van der Waals surface area contributed by atoms with E-state index in [-0.39, 0.29) is 6.10 Å². The maximum atomic E-state index is 10.2. The summed E-state index contributed by atoms with van der Waals surface area (Å²) in [5.41, 5.74) is 0. The molecule has 0 aliphatic carbocycles. The molecule has 3 unspecified atom stereocenters. The number of fused-ring (bicyclic) bond motifs is 1. The molecule has 0 bridgehead atoms. The number of para-hydroxylation sites is 2. The maximum absolute atomic E-state index is 10.2. The van der Waals surface area contributed by atoms with Gasteiger partial charge >= 0.3 is 0 Å². The van der Waals surface area contributed by atoms with E-state index < -0.39 is 6.10 Å². The molecule has 0 saturated carbocycles. The second kappa shape index (κ2) is 6.10. The van der Waals surface area contributed by atoms with Crippen LogP contribution < -0.4 is 9.47 Å². The van der Waals surface area contributed by atoms with E-state index in [9.17, 15) is 5.11 Å². The van der Waals surface area contributed by atoms with Gasteiger partial charge in [-0.2, -0.15) is 0 Å². The fourth-order valence-corrected chi connectivity index (χ4v) is 2.40. The Bertz CT molecular complexity index is 378. The monoisotopic (exact) mass is 250 g/mol. The molecule has 1 aliphatic rings. The molecule has 100 valence electrons. The Hall–Kier alpha value is -1.22. The van der Waals surface area contributed by atoms with Crippen molar-refractivity contribution >= 4 is 0 Å². The standard InChI is InChI=1S/C15H22O3/c1-3-6-11(2)9-12(16)15-10-17-13-7-4-5-8-14(13)18-15/h4-5,7-8,11-12,15-16H,3,6,9-10H2,1-2H3. The minimum absolute atomic E-state index is 0.251. The lowest BCUT2D eigenvalue weighted by Crippen LogP contribution is -2.40. The fraction of sp³-hybridized carbons (Fsp3) is 0.600. The Kier molecular flexibility index (Phi) is 4.48. The third-order valence-electron chi connectivity index (χ3n) is 3.39. The highest BCUT2D eigenvalue weighted by molar-refractivity contribution is 5.40. The molecule has 18 heavy (non-hydrogen) atoms. The summed E-state index contributed by atoms with van der Waals surface area (Å²) < 4.78 is 11.4. The van der Waals surface area contributed by atoms with Crippen molar-refractivity contribution in [1.82, 2.24) is 0 Å². The summed E-state index contributed by atoms with van der Waals surface area (Å²) in [5, 5.41) is 10.2. The number of rotatable bonds is 5. The quantitative estimate of drug-likeness (QED) is 0.873. The largest absolute Gasteiger partial charge is 0.486 e. The molecule has 1 aromatic carbocycles. The van der Waals surface area contributed by atoms with E-state index in [2.05, 4.69) is 13.8 Å². The number of hydrogen-bond acceptors (Lipinski definition) is 3. The smallest absolute Gasteiger partial charge is 0.161 e. The van der Waals surface area contributed by atoms with Crippen LogP contribution in [0.5, 0.6) is 11.5 Å². The average Bonchev–Trinajstić information content (AvgIpc) is 2.38. The molecule has 3 nitrogen and oxygen atoms in total. The molecule has 3 atom stereocenters. The van der Waals surface area contributed by atoms with Gasteiger partial charge in [0, 0.05) is 0 Å². The van der Waals surface area contributed by atoms with Gasteiger partial charge in [0.1, 0.15) is 6.61 Å². The molecule has 1 aromatic rings.